The molecule has 1 aromatic rings. The molecule has 0 saturated carbocycles. The Bertz CT molecular complexity index is 482. The van der Waals surface area contributed by atoms with Crippen molar-refractivity contribution in [1.29, 1.82) is 0 Å². The van der Waals surface area contributed by atoms with E-state index in [1.54, 1.807) is 0 Å². The second kappa shape index (κ2) is 6.36. The van der Waals surface area contributed by atoms with Crippen LogP contribution >= 0.6 is 0 Å². The molecule has 0 bridgehead atoms. The zero-order chi connectivity index (χ0) is 13.7. The van der Waals surface area contributed by atoms with Crippen molar-refractivity contribution < 1.29 is 4.79 Å². The Labute approximate surface area is 114 Å². The fraction of sp³-hybridized carbons (Fsp3) is 0.467. The number of amides is 1. The van der Waals surface area contributed by atoms with Crippen molar-refractivity contribution in [3.05, 3.63) is 29.8 Å². The van der Waals surface area contributed by atoms with Crippen LogP contribution in [0.2, 0.25) is 0 Å². The lowest BCUT2D eigenvalue weighted by Gasteiger charge is -2.20. The number of rotatable bonds is 3. The van der Waals surface area contributed by atoms with Crippen molar-refractivity contribution in [3.63, 3.8) is 0 Å². The SMILES string of the molecule is CC(=O)Nc1cccc(C(C)NC2=NCCCC2)c1. The number of carbonyl (C=O) groups is 1. The smallest absolute Gasteiger partial charge is 0.221 e. The summed E-state index contributed by atoms with van der Waals surface area (Å²) < 4.78 is 0. The highest BCUT2D eigenvalue weighted by Gasteiger charge is 2.10. The topological polar surface area (TPSA) is 53.5 Å². The van der Waals surface area contributed by atoms with E-state index in [4.69, 9.17) is 0 Å². The molecular weight excluding hydrogens is 238 g/mol. The Morgan fingerprint density at radius 3 is 2.89 bits per heavy atom. The van der Waals surface area contributed by atoms with Gasteiger partial charge in [-0.05, 0) is 37.5 Å². The number of carbonyl (C=O) groups excluding carboxylic acids is 1. The summed E-state index contributed by atoms with van der Waals surface area (Å²) in [6.07, 6.45) is 3.44. The summed E-state index contributed by atoms with van der Waals surface area (Å²) in [5, 5.41) is 6.26. The molecule has 19 heavy (non-hydrogen) atoms. The molecule has 1 aromatic carbocycles. The lowest BCUT2D eigenvalue weighted by Crippen LogP contribution is -2.28. The second-order valence-corrected chi connectivity index (χ2v) is 4.96. The third kappa shape index (κ3) is 4.09. The van der Waals surface area contributed by atoms with E-state index in [2.05, 4.69) is 28.6 Å². The Morgan fingerprint density at radius 1 is 1.37 bits per heavy atom. The summed E-state index contributed by atoms with van der Waals surface area (Å²) in [5.41, 5.74) is 1.99. The molecule has 0 saturated heterocycles. The van der Waals surface area contributed by atoms with Gasteiger partial charge in [0.25, 0.3) is 0 Å². The van der Waals surface area contributed by atoms with Crippen LogP contribution in [0.15, 0.2) is 29.3 Å². The van der Waals surface area contributed by atoms with Crippen molar-refractivity contribution in [3.8, 4) is 0 Å². The number of anilines is 1. The average molecular weight is 259 g/mol. The van der Waals surface area contributed by atoms with Gasteiger partial charge in [-0.3, -0.25) is 9.79 Å². The molecule has 1 unspecified atom stereocenters. The van der Waals surface area contributed by atoms with Crippen LogP contribution in [-0.2, 0) is 4.79 Å². The van der Waals surface area contributed by atoms with E-state index in [1.807, 2.05) is 18.2 Å². The predicted molar refractivity (Wildman–Crippen MR) is 78.4 cm³/mol. The van der Waals surface area contributed by atoms with Gasteiger partial charge in [-0.15, -0.1) is 0 Å². The number of hydrogen-bond acceptors (Lipinski definition) is 3. The molecule has 0 spiro atoms. The lowest BCUT2D eigenvalue weighted by molar-refractivity contribution is -0.114. The van der Waals surface area contributed by atoms with Gasteiger partial charge in [0.05, 0.1) is 5.84 Å². The summed E-state index contributed by atoms with van der Waals surface area (Å²) in [7, 11) is 0. The van der Waals surface area contributed by atoms with Gasteiger partial charge in [0.1, 0.15) is 0 Å². The number of nitrogens with zero attached hydrogens (tertiary/aromatic N) is 1. The molecule has 2 rings (SSSR count). The normalized spacial score (nSPS) is 16.4. The van der Waals surface area contributed by atoms with Gasteiger partial charge in [-0.2, -0.15) is 0 Å². The zero-order valence-corrected chi connectivity index (χ0v) is 11.6. The maximum Gasteiger partial charge on any atom is 0.221 e. The molecule has 1 amide bonds. The quantitative estimate of drug-likeness (QED) is 0.877. The van der Waals surface area contributed by atoms with Gasteiger partial charge in [0.2, 0.25) is 5.91 Å². The minimum absolute atomic E-state index is 0.0468. The van der Waals surface area contributed by atoms with Crippen LogP contribution in [0.5, 0.6) is 0 Å². The van der Waals surface area contributed by atoms with Gasteiger partial charge >= 0.3 is 0 Å². The third-order valence-corrected chi connectivity index (χ3v) is 3.21. The first kappa shape index (κ1) is 13.6. The summed E-state index contributed by atoms with van der Waals surface area (Å²) in [4.78, 5) is 15.6. The Morgan fingerprint density at radius 2 is 2.21 bits per heavy atom. The molecule has 0 aliphatic carbocycles. The Kier molecular flexibility index (Phi) is 4.55. The molecule has 102 valence electrons. The fourth-order valence-corrected chi connectivity index (χ4v) is 2.24. The molecule has 0 fully saturated rings. The highest BCUT2D eigenvalue weighted by atomic mass is 16.1. The van der Waals surface area contributed by atoms with Crippen LogP contribution in [-0.4, -0.2) is 18.3 Å². The van der Waals surface area contributed by atoms with Crippen molar-refractivity contribution in [2.45, 2.75) is 39.2 Å². The average Bonchev–Trinajstić information content (AvgIpc) is 2.39. The molecule has 2 N–H and O–H groups in total. The number of nitrogens with one attached hydrogen (secondary N) is 2. The van der Waals surface area contributed by atoms with Crippen LogP contribution < -0.4 is 10.6 Å². The third-order valence-electron chi connectivity index (χ3n) is 3.21. The fourth-order valence-electron chi connectivity index (χ4n) is 2.24. The van der Waals surface area contributed by atoms with E-state index in [1.165, 1.54) is 19.8 Å². The first-order valence-corrected chi connectivity index (χ1v) is 6.82. The lowest BCUT2D eigenvalue weighted by atomic mass is 10.1. The Balaban J connectivity index is 2.03. The van der Waals surface area contributed by atoms with E-state index in [-0.39, 0.29) is 11.9 Å². The second-order valence-electron chi connectivity index (χ2n) is 4.96. The molecule has 4 heteroatoms. The van der Waals surface area contributed by atoms with Crippen LogP contribution in [0.4, 0.5) is 5.69 Å². The minimum Gasteiger partial charge on any atom is -0.367 e. The molecule has 0 aromatic heterocycles. The van der Waals surface area contributed by atoms with E-state index in [0.29, 0.717) is 0 Å². The highest BCUT2D eigenvalue weighted by Crippen LogP contribution is 2.18. The van der Waals surface area contributed by atoms with Crippen LogP contribution in [0.1, 0.15) is 44.7 Å². The van der Waals surface area contributed by atoms with Crippen LogP contribution in [0, 0.1) is 0 Å². The molecule has 1 aliphatic rings. The van der Waals surface area contributed by atoms with Crippen LogP contribution in [0.3, 0.4) is 0 Å². The molecule has 1 atom stereocenters. The number of aliphatic imine (C=N–C) groups is 1. The predicted octanol–water partition coefficient (Wildman–Crippen LogP) is 2.88. The maximum atomic E-state index is 11.1. The van der Waals surface area contributed by atoms with Crippen molar-refractivity contribution in [1.82, 2.24) is 5.32 Å². The summed E-state index contributed by atoms with van der Waals surface area (Å²) in [6, 6.07) is 8.12. The minimum atomic E-state index is -0.0468. The molecule has 1 aliphatic heterocycles. The summed E-state index contributed by atoms with van der Waals surface area (Å²) in [5.74, 6) is 1.05. The van der Waals surface area contributed by atoms with E-state index in [9.17, 15) is 4.79 Å². The Hall–Kier alpha value is -1.84. The maximum absolute atomic E-state index is 11.1. The van der Waals surface area contributed by atoms with Crippen molar-refractivity contribution in [2.75, 3.05) is 11.9 Å². The van der Waals surface area contributed by atoms with Gasteiger partial charge in [-0.25, -0.2) is 0 Å². The standard InChI is InChI=1S/C15H21N3O/c1-11(17-15-8-3-4-9-16-15)13-6-5-7-14(10-13)18-12(2)19/h5-7,10-11H,3-4,8-9H2,1-2H3,(H,16,17)(H,18,19). The molecule has 0 radical (unpaired) electrons. The first-order chi connectivity index (χ1) is 9.15. The molecule has 1 heterocycles. The summed E-state index contributed by atoms with van der Waals surface area (Å²) >= 11 is 0. The van der Waals surface area contributed by atoms with E-state index in [0.717, 1.165) is 30.1 Å². The van der Waals surface area contributed by atoms with Gasteiger partial charge in [-0.1, -0.05) is 12.1 Å². The summed E-state index contributed by atoms with van der Waals surface area (Å²) in [6.45, 7) is 4.57. The zero-order valence-electron chi connectivity index (χ0n) is 11.6. The van der Waals surface area contributed by atoms with Gasteiger partial charge < -0.3 is 10.6 Å². The number of amidine groups is 1. The molecular formula is C15H21N3O. The highest BCUT2D eigenvalue weighted by molar-refractivity contribution is 5.88. The van der Waals surface area contributed by atoms with Crippen molar-refractivity contribution >= 4 is 17.4 Å². The number of benzene rings is 1. The number of hydrogen-bond donors (Lipinski definition) is 2. The van der Waals surface area contributed by atoms with E-state index < -0.39 is 0 Å². The largest absolute Gasteiger partial charge is 0.367 e. The monoisotopic (exact) mass is 259 g/mol. The van der Waals surface area contributed by atoms with E-state index >= 15 is 0 Å². The molecule has 4 nitrogen and oxygen atoms in total. The van der Waals surface area contributed by atoms with Crippen LogP contribution in [0.25, 0.3) is 0 Å². The van der Waals surface area contributed by atoms with Gasteiger partial charge in [0.15, 0.2) is 0 Å². The first-order valence-electron chi connectivity index (χ1n) is 6.82. The van der Waals surface area contributed by atoms with Gasteiger partial charge in [0, 0.05) is 31.6 Å². The van der Waals surface area contributed by atoms with Crippen molar-refractivity contribution in [2.24, 2.45) is 4.99 Å².